The molecule has 4 atom stereocenters. The largest absolute Gasteiger partial charge is 0.508 e. The zero-order valence-corrected chi connectivity index (χ0v) is 17.2. The van der Waals surface area contributed by atoms with Gasteiger partial charge >= 0.3 is 0 Å². The third-order valence-corrected chi connectivity index (χ3v) is 7.83. The van der Waals surface area contributed by atoms with Gasteiger partial charge in [0.15, 0.2) is 0 Å². The maximum absolute atomic E-state index is 11.0. The molecule has 30 heavy (non-hydrogen) atoms. The van der Waals surface area contributed by atoms with Gasteiger partial charge in [0.1, 0.15) is 5.75 Å². The predicted octanol–water partition coefficient (Wildman–Crippen LogP) is 5.62. The number of nitrogens with one attached hydrogen (secondary N) is 1. The molecule has 0 bridgehead atoms. The highest BCUT2D eigenvalue weighted by Crippen LogP contribution is 2.60. The van der Waals surface area contributed by atoms with Gasteiger partial charge in [0.05, 0.1) is 10.6 Å². The molecule has 0 heterocycles. The standard InChI is InChI=1S/C24H27N3O3/c1-24-12-11-20-19-8-6-18(28)13-15(19)5-7-21(20)22(24)9-10-23(24)26-25-16-3-2-4-17(14-16)27(29)30/h2-4,6,8,13-14,20-22,25,28H,5,7,9-12H2,1H3. The van der Waals surface area contributed by atoms with Gasteiger partial charge in [-0.15, -0.1) is 0 Å². The first-order valence-corrected chi connectivity index (χ1v) is 10.8. The van der Waals surface area contributed by atoms with Gasteiger partial charge in [-0.25, -0.2) is 0 Å². The van der Waals surface area contributed by atoms with E-state index in [-0.39, 0.29) is 16.0 Å². The van der Waals surface area contributed by atoms with Crippen LogP contribution in [0.5, 0.6) is 5.75 Å². The molecule has 4 unspecified atom stereocenters. The maximum atomic E-state index is 11.0. The summed E-state index contributed by atoms with van der Waals surface area (Å²) in [4.78, 5) is 10.6. The minimum Gasteiger partial charge on any atom is -0.508 e. The number of aromatic hydroxyl groups is 1. The Balaban J connectivity index is 1.38. The summed E-state index contributed by atoms with van der Waals surface area (Å²) in [6.07, 6.45) is 6.60. The Morgan fingerprint density at radius 2 is 2.03 bits per heavy atom. The van der Waals surface area contributed by atoms with Gasteiger partial charge < -0.3 is 5.11 Å². The van der Waals surface area contributed by atoms with Crippen LogP contribution < -0.4 is 5.43 Å². The number of nitrogens with zero attached hydrogens (tertiary/aromatic N) is 2. The van der Waals surface area contributed by atoms with Gasteiger partial charge in [-0.3, -0.25) is 15.5 Å². The van der Waals surface area contributed by atoms with E-state index in [1.807, 2.05) is 18.2 Å². The van der Waals surface area contributed by atoms with Crippen LogP contribution in [-0.2, 0) is 6.42 Å². The van der Waals surface area contributed by atoms with E-state index in [1.54, 1.807) is 6.07 Å². The van der Waals surface area contributed by atoms with Crippen molar-refractivity contribution in [2.24, 2.45) is 22.4 Å². The SMILES string of the molecule is CC12CCC3c4ccc(O)cc4CCC3C1CCC2=NNc1cccc([N+](=O)[O-])c1. The fraction of sp³-hybridized carbons (Fsp3) is 0.458. The second kappa shape index (κ2) is 7.11. The first-order valence-electron chi connectivity index (χ1n) is 10.8. The van der Waals surface area contributed by atoms with E-state index in [2.05, 4.69) is 18.4 Å². The highest BCUT2D eigenvalue weighted by Gasteiger charge is 2.53. The van der Waals surface area contributed by atoms with E-state index in [0.717, 1.165) is 32.1 Å². The molecule has 2 fully saturated rings. The Bertz CT molecular complexity index is 1030. The first kappa shape index (κ1) is 19.1. The number of nitro groups is 1. The molecule has 2 saturated carbocycles. The van der Waals surface area contributed by atoms with Gasteiger partial charge in [0.25, 0.3) is 5.69 Å². The van der Waals surface area contributed by atoms with Gasteiger partial charge in [0, 0.05) is 23.3 Å². The summed E-state index contributed by atoms with van der Waals surface area (Å²) in [7, 11) is 0. The van der Waals surface area contributed by atoms with Crippen molar-refractivity contribution < 1.29 is 10.0 Å². The van der Waals surface area contributed by atoms with Gasteiger partial charge in [0.2, 0.25) is 0 Å². The number of hydrogen-bond donors (Lipinski definition) is 2. The fourth-order valence-electron chi connectivity index (χ4n) is 6.36. The lowest BCUT2D eigenvalue weighted by Gasteiger charge is -2.49. The van der Waals surface area contributed by atoms with Crippen LogP contribution in [0.3, 0.4) is 0 Å². The molecule has 5 rings (SSSR count). The van der Waals surface area contributed by atoms with E-state index in [4.69, 9.17) is 5.10 Å². The van der Waals surface area contributed by atoms with Crippen LogP contribution in [0.15, 0.2) is 47.6 Å². The molecule has 2 aromatic carbocycles. The third kappa shape index (κ3) is 3.06. The zero-order chi connectivity index (χ0) is 20.9. The molecule has 2 N–H and O–H groups in total. The van der Waals surface area contributed by atoms with Crippen molar-refractivity contribution >= 4 is 17.1 Å². The summed E-state index contributed by atoms with van der Waals surface area (Å²) in [5.74, 6) is 2.22. The summed E-state index contributed by atoms with van der Waals surface area (Å²) in [6, 6.07) is 12.4. The Labute approximate surface area is 176 Å². The number of benzene rings is 2. The second-order valence-corrected chi connectivity index (χ2v) is 9.27. The Morgan fingerprint density at radius 3 is 2.87 bits per heavy atom. The highest BCUT2D eigenvalue weighted by molar-refractivity contribution is 5.93. The number of rotatable bonds is 3. The topological polar surface area (TPSA) is 87.8 Å². The number of aryl methyl sites for hydroxylation is 1. The molecule has 156 valence electrons. The minimum atomic E-state index is -0.382. The van der Waals surface area contributed by atoms with Crippen molar-refractivity contribution in [2.45, 2.75) is 51.4 Å². The molecule has 3 aliphatic carbocycles. The van der Waals surface area contributed by atoms with Crippen molar-refractivity contribution in [1.82, 2.24) is 0 Å². The lowest BCUT2D eigenvalue weighted by Crippen LogP contribution is -2.42. The molecule has 0 aliphatic heterocycles. The number of hydrazone groups is 1. The summed E-state index contributed by atoms with van der Waals surface area (Å²) in [6.45, 7) is 2.36. The number of non-ortho nitro benzene ring substituents is 1. The smallest absolute Gasteiger partial charge is 0.271 e. The molecule has 6 heteroatoms. The molecule has 6 nitrogen and oxygen atoms in total. The summed E-state index contributed by atoms with van der Waals surface area (Å²) in [5, 5.41) is 25.6. The Morgan fingerprint density at radius 1 is 1.17 bits per heavy atom. The normalized spacial score (nSPS) is 31.0. The predicted molar refractivity (Wildman–Crippen MR) is 117 cm³/mol. The minimum absolute atomic E-state index is 0.0723. The zero-order valence-electron chi connectivity index (χ0n) is 17.2. The number of hydrogen-bond acceptors (Lipinski definition) is 5. The van der Waals surface area contributed by atoms with Crippen molar-refractivity contribution in [1.29, 1.82) is 0 Å². The molecular formula is C24H27N3O3. The van der Waals surface area contributed by atoms with E-state index in [9.17, 15) is 15.2 Å². The molecule has 0 aromatic heterocycles. The fourth-order valence-corrected chi connectivity index (χ4v) is 6.36. The van der Waals surface area contributed by atoms with Crippen LogP contribution >= 0.6 is 0 Å². The van der Waals surface area contributed by atoms with Gasteiger partial charge in [-0.1, -0.05) is 19.1 Å². The van der Waals surface area contributed by atoms with Crippen LogP contribution in [-0.4, -0.2) is 15.7 Å². The van der Waals surface area contributed by atoms with Gasteiger partial charge in [-0.05, 0) is 85.6 Å². The summed E-state index contributed by atoms with van der Waals surface area (Å²) < 4.78 is 0. The van der Waals surface area contributed by atoms with E-state index in [1.165, 1.54) is 35.4 Å². The quantitative estimate of drug-likeness (QED) is 0.512. The molecule has 0 saturated heterocycles. The van der Waals surface area contributed by atoms with Crippen LogP contribution in [0, 0.1) is 27.4 Å². The lowest BCUT2D eigenvalue weighted by atomic mass is 9.55. The number of fused-ring (bicyclic) bond motifs is 5. The summed E-state index contributed by atoms with van der Waals surface area (Å²) >= 11 is 0. The molecule has 0 spiro atoms. The molecule has 0 radical (unpaired) electrons. The van der Waals surface area contributed by atoms with E-state index < -0.39 is 0 Å². The average molecular weight is 405 g/mol. The van der Waals surface area contributed by atoms with Crippen LogP contribution in [0.2, 0.25) is 0 Å². The third-order valence-electron chi connectivity index (χ3n) is 7.83. The number of anilines is 1. The Hall–Kier alpha value is -2.89. The average Bonchev–Trinajstić information content (AvgIpc) is 3.08. The first-order chi connectivity index (χ1) is 14.5. The number of nitro benzene ring substituents is 1. The number of phenols is 1. The summed E-state index contributed by atoms with van der Waals surface area (Å²) in [5.41, 5.74) is 7.86. The second-order valence-electron chi connectivity index (χ2n) is 9.27. The molecular weight excluding hydrogens is 378 g/mol. The van der Waals surface area contributed by atoms with Crippen LogP contribution in [0.4, 0.5) is 11.4 Å². The molecule has 2 aromatic rings. The number of phenolic OH excluding ortho intramolecular Hbond substituents is 1. The van der Waals surface area contributed by atoms with Crippen molar-refractivity contribution in [2.75, 3.05) is 5.43 Å². The molecule has 3 aliphatic rings. The van der Waals surface area contributed by atoms with E-state index >= 15 is 0 Å². The van der Waals surface area contributed by atoms with Crippen LogP contribution in [0.25, 0.3) is 0 Å². The van der Waals surface area contributed by atoms with Crippen LogP contribution in [0.1, 0.15) is 56.1 Å². The van der Waals surface area contributed by atoms with Crippen molar-refractivity contribution in [3.05, 3.63) is 63.7 Å². The van der Waals surface area contributed by atoms with Gasteiger partial charge in [-0.2, -0.15) is 5.10 Å². The monoisotopic (exact) mass is 405 g/mol. The maximum Gasteiger partial charge on any atom is 0.271 e. The van der Waals surface area contributed by atoms with E-state index in [0.29, 0.717) is 29.2 Å². The van der Waals surface area contributed by atoms with Crippen molar-refractivity contribution in [3.8, 4) is 5.75 Å². The highest BCUT2D eigenvalue weighted by atomic mass is 16.6. The Kier molecular flexibility index (Phi) is 4.53. The van der Waals surface area contributed by atoms with Crippen molar-refractivity contribution in [3.63, 3.8) is 0 Å². The lowest BCUT2D eigenvalue weighted by molar-refractivity contribution is -0.384. The molecule has 0 amide bonds.